The molecule has 2 aromatic rings. The van der Waals surface area contributed by atoms with E-state index in [0.29, 0.717) is 13.1 Å². The molecular formula is C24H31ClN2O2. The number of benzene rings is 2. The SMILES string of the molecule is CCCCCCOc1ccc(C(=O)N2CCN(c3cc(Cl)ccc3C)CC2)cc1. The van der Waals surface area contributed by atoms with Gasteiger partial charge in [0.25, 0.3) is 5.91 Å². The summed E-state index contributed by atoms with van der Waals surface area (Å²) in [6.45, 7) is 8.07. The second kappa shape index (κ2) is 10.5. The van der Waals surface area contributed by atoms with Crippen LogP contribution in [0.2, 0.25) is 5.02 Å². The molecule has 1 amide bonds. The summed E-state index contributed by atoms with van der Waals surface area (Å²) in [5.74, 6) is 0.918. The fourth-order valence-electron chi connectivity index (χ4n) is 3.67. The topological polar surface area (TPSA) is 32.8 Å². The van der Waals surface area contributed by atoms with Gasteiger partial charge in [-0.15, -0.1) is 0 Å². The van der Waals surface area contributed by atoms with Crippen LogP contribution in [0.5, 0.6) is 5.75 Å². The zero-order valence-electron chi connectivity index (χ0n) is 17.5. The van der Waals surface area contributed by atoms with Crippen molar-refractivity contribution < 1.29 is 9.53 Å². The molecule has 156 valence electrons. The van der Waals surface area contributed by atoms with Gasteiger partial charge in [-0.3, -0.25) is 4.79 Å². The van der Waals surface area contributed by atoms with Crippen molar-refractivity contribution in [2.45, 2.75) is 39.5 Å². The first kappa shape index (κ1) is 21.5. The summed E-state index contributed by atoms with van der Waals surface area (Å²) in [5, 5.41) is 0.747. The predicted octanol–water partition coefficient (Wildman–Crippen LogP) is 5.57. The molecule has 0 unspecified atom stereocenters. The molecule has 1 aliphatic heterocycles. The van der Waals surface area contributed by atoms with E-state index < -0.39 is 0 Å². The second-order valence-corrected chi connectivity index (χ2v) is 8.08. The summed E-state index contributed by atoms with van der Waals surface area (Å²) in [4.78, 5) is 17.1. The predicted molar refractivity (Wildman–Crippen MR) is 120 cm³/mol. The maximum atomic E-state index is 12.9. The normalized spacial score (nSPS) is 14.2. The number of amides is 1. The molecule has 1 saturated heterocycles. The fourth-order valence-corrected chi connectivity index (χ4v) is 3.84. The molecule has 0 radical (unpaired) electrons. The van der Waals surface area contributed by atoms with E-state index in [1.165, 1.54) is 24.8 Å². The van der Waals surface area contributed by atoms with Gasteiger partial charge in [-0.1, -0.05) is 43.9 Å². The molecule has 0 aliphatic carbocycles. The molecule has 0 spiro atoms. The van der Waals surface area contributed by atoms with Crippen LogP contribution in [0.3, 0.4) is 0 Å². The molecule has 0 aromatic heterocycles. The van der Waals surface area contributed by atoms with Crippen LogP contribution in [0.4, 0.5) is 5.69 Å². The second-order valence-electron chi connectivity index (χ2n) is 7.64. The van der Waals surface area contributed by atoms with Crippen molar-refractivity contribution in [1.29, 1.82) is 0 Å². The number of rotatable bonds is 8. The Labute approximate surface area is 179 Å². The van der Waals surface area contributed by atoms with Crippen molar-refractivity contribution in [2.24, 2.45) is 0 Å². The smallest absolute Gasteiger partial charge is 0.253 e. The molecule has 1 heterocycles. The molecule has 1 fully saturated rings. The number of hydrogen-bond acceptors (Lipinski definition) is 3. The third-order valence-corrected chi connectivity index (χ3v) is 5.68. The maximum Gasteiger partial charge on any atom is 0.253 e. The highest BCUT2D eigenvalue weighted by atomic mass is 35.5. The van der Waals surface area contributed by atoms with E-state index in [2.05, 4.69) is 18.7 Å². The highest BCUT2D eigenvalue weighted by molar-refractivity contribution is 6.30. The van der Waals surface area contributed by atoms with E-state index in [1.807, 2.05) is 47.4 Å². The number of ether oxygens (including phenoxy) is 1. The minimum absolute atomic E-state index is 0.0851. The summed E-state index contributed by atoms with van der Waals surface area (Å²) in [5.41, 5.74) is 3.08. The average Bonchev–Trinajstić information content (AvgIpc) is 2.75. The Kier molecular flexibility index (Phi) is 7.82. The van der Waals surface area contributed by atoms with E-state index in [4.69, 9.17) is 16.3 Å². The van der Waals surface area contributed by atoms with Crippen LogP contribution in [0.1, 0.15) is 48.5 Å². The van der Waals surface area contributed by atoms with Crippen molar-refractivity contribution in [3.8, 4) is 5.75 Å². The zero-order chi connectivity index (χ0) is 20.6. The summed E-state index contributed by atoms with van der Waals surface area (Å²) >= 11 is 6.16. The number of carbonyl (C=O) groups is 1. The minimum atomic E-state index is 0.0851. The van der Waals surface area contributed by atoms with Crippen molar-refractivity contribution in [2.75, 3.05) is 37.7 Å². The van der Waals surface area contributed by atoms with E-state index in [-0.39, 0.29) is 5.91 Å². The standard InChI is InChI=1S/C24H31ClN2O2/c1-3-4-5-6-17-29-22-11-8-20(9-12-22)24(28)27-15-13-26(14-16-27)23-18-21(25)10-7-19(23)2/h7-12,18H,3-6,13-17H2,1-2H3. The molecule has 0 N–H and O–H groups in total. The first-order valence-corrected chi connectivity index (χ1v) is 11.0. The molecule has 0 atom stereocenters. The van der Waals surface area contributed by atoms with E-state index in [9.17, 15) is 4.79 Å². The summed E-state index contributed by atoms with van der Waals surface area (Å²) in [6.07, 6.45) is 4.75. The van der Waals surface area contributed by atoms with Crippen LogP contribution in [0, 0.1) is 6.92 Å². The van der Waals surface area contributed by atoms with Gasteiger partial charge in [-0.05, 0) is 55.3 Å². The number of anilines is 1. The lowest BCUT2D eigenvalue weighted by Gasteiger charge is -2.37. The van der Waals surface area contributed by atoms with Crippen LogP contribution in [0.25, 0.3) is 0 Å². The minimum Gasteiger partial charge on any atom is -0.494 e. The Morgan fingerprint density at radius 2 is 1.72 bits per heavy atom. The highest BCUT2D eigenvalue weighted by Gasteiger charge is 2.23. The lowest BCUT2D eigenvalue weighted by Crippen LogP contribution is -2.49. The fraction of sp³-hybridized carbons (Fsp3) is 0.458. The number of piperazine rings is 1. The third-order valence-electron chi connectivity index (χ3n) is 5.45. The van der Waals surface area contributed by atoms with Crippen LogP contribution in [0.15, 0.2) is 42.5 Å². The molecule has 1 aliphatic rings. The molecule has 4 nitrogen and oxygen atoms in total. The van der Waals surface area contributed by atoms with Gasteiger partial charge in [-0.2, -0.15) is 0 Å². The average molecular weight is 415 g/mol. The lowest BCUT2D eigenvalue weighted by atomic mass is 10.1. The van der Waals surface area contributed by atoms with Crippen LogP contribution in [-0.2, 0) is 0 Å². The van der Waals surface area contributed by atoms with Gasteiger partial charge in [-0.25, -0.2) is 0 Å². The molecule has 2 aromatic carbocycles. The van der Waals surface area contributed by atoms with Gasteiger partial charge in [0, 0.05) is 42.5 Å². The number of hydrogen-bond donors (Lipinski definition) is 0. The molecule has 3 rings (SSSR count). The first-order valence-electron chi connectivity index (χ1n) is 10.6. The van der Waals surface area contributed by atoms with Gasteiger partial charge in [0.15, 0.2) is 0 Å². The van der Waals surface area contributed by atoms with Gasteiger partial charge in [0.1, 0.15) is 5.75 Å². The Bertz CT molecular complexity index is 799. The van der Waals surface area contributed by atoms with E-state index in [0.717, 1.165) is 48.1 Å². The summed E-state index contributed by atoms with van der Waals surface area (Å²) < 4.78 is 5.77. The van der Waals surface area contributed by atoms with E-state index in [1.54, 1.807) is 0 Å². The van der Waals surface area contributed by atoms with Gasteiger partial charge in [0.05, 0.1) is 6.61 Å². The lowest BCUT2D eigenvalue weighted by molar-refractivity contribution is 0.0746. The Balaban J connectivity index is 1.50. The van der Waals surface area contributed by atoms with Crippen LogP contribution in [-0.4, -0.2) is 43.6 Å². The largest absolute Gasteiger partial charge is 0.494 e. The molecule has 5 heteroatoms. The van der Waals surface area contributed by atoms with Crippen molar-refractivity contribution in [1.82, 2.24) is 4.90 Å². The summed E-state index contributed by atoms with van der Waals surface area (Å²) in [7, 11) is 0. The quantitative estimate of drug-likeness (QED) is 0.529. The monoisotopic (exact) mass is 414 g/mol. The van der Waals surface area contributed by atoms with Crippen molar-refractivity contribution >= 4 is 23.2 Å². The van der Waals surface area contributed by atoms with Crippen molar-refractivity contribution in [3.05, 3.63) is 58.6 Å². The number of carbonyl (C=O) groups excluding carboxylic acids is 1. The van der Waals surface area contributed by atoms with Gasteiger partial charge >= 0.3 is 0 Å². The van der Waals surface area contributed by atoms with E-state index >= 15 is 0 Å². The summed E-state index contributed by atoms with van der Waals surface area (Å²) in [6, 6.07) is 13.5. The van der Waals surface area contributed by atoms with Crippen LogP contribution < -0.4 is 9.64 Å². The number of halogens is 1. The highest BCUT2D eigenvalue weighted by Crippen LogP contribution is 2.25. The molecule has 0 saturated carbocycles. The van der Waals surface area contributed by atoms with Gasteiger partial charge in [0.2, 0.25) is 0 Å². The zero-order valence-corrected chi connectivity index (χ0v) is 18.3. The van der Waals surface area contributed by atoms with Gasteiger partial charge < -0.3 is 14.5 Å². The molecule has 0 bridgehead atoms. The maximum absolute atomic E-state index is 12.9. The first-order chi connectivity index (χ1) is 14.1. The van der Waals surface area contributed by atoms with Crippen molar-refractivity contribution in [3.63, 3.8) is 0 Å². The Morgan fingerprint density at radius 1 is 1.00 bits per heavy atom. The Morgan fingerprint density at radius 3 is 2.41 bits per heavy atom. The van der Waals surface area contributed by atoms with Crippen LogP contribution >= 0.6 is 11.6 Å². The number of unbranched alkanes of at least 4 members (excludes halogenated alkanes) is 3. The third kappa shape index (κ3) is 5.89. The Hall–Kier alpha value is -2.20. The number of aryl methyl sites for hydroxylation is 1. The molecular weight excluding hydrogens is 384 g/mol. The number of nitrogens with zero attached hydrogens (tertiary/aromatic N) is 2. The molecule has 29 heavy (non-hydrogen) atoms.